The van der Waals surface area contributed by atoms with E-state index in [1.165, 1.54) is 0 Å². The Bertz CT molecular complexity index is 867. The summed E-state index contributed by atoms with van der Waals surface area (Å²) in [6, 6.07) is 9.62. The van der Waals surface area contributed by atoms with Crippen molar-refractivity contribution in [3.8, 4) is 0 Å². The number of hydrogen-bond donors (Lipinski definition) is 2. The zero-order chi connectivity index (χ0) is 20.8. The molecule has 0 radical (unpaired) electrons. The molecule has 0 saturated carbocycles. The molecule has 2 aromatic rings. The SMILES string of the molecule is CCN(CC)C(=O)c1cc(NC(=O)Nc2ccc(Cl)c(Cl)c2)ccc1N(C)C. The van der Waals surface area contributed by atoms with Gasteiger partial charge in [0.2, 0.25) is 0 Å². The van der Waals surface area contributed by atoms with Crippen molar-refractivity contribution in [3.05, 3.63) is 52.0 Å². The minimum atomic E-state index is -0.447. The van der Waals surface area contributed by atoms with E-state index < -0.39 is 6.03 Å². The Kier molecular flexibility index (Phi) is 7.54. The lowest BCUT2D eigenvalue weighted by atomic mass is 10.1. The molecule has 0 aliphatic rings. The first kappa shape index (κ1) is 21.9. The van der Waals surface area contributed by atoms with Crippen LogP contribution in [0.25, 0.3) is 0 Å². The van der Waals surface area contributed by atoms with E-state index in [1.54, 1.807) is 35.2 Å². The van der Waals surface area contributed by atoms with Crippen LogP contribution in [0, 0.1) is 0 Å². The maximum absolute atomic E-state index is 12.9. The first-order valence-electron chi connectivity index (χ1n) is 8.90. The number of nitrogens with one attached hydrogen (secondary N) is 2. The minimum absolute atomic E-state index is 0.0813. The van der Waals surface area contributed by atoms with Crippen molar-refractivity contribution in [3.63, 3.8) is 0 Å². The monoisotopic (exact) mass is 422 g/mol. The number of carbonyl (C=O) groups is 2. The number of benzene rings is 2. The molecule has 0 aromatic heterocycles. The third-order valence-corrected chi connectivity index (χ3v) is 4.93. The molecule has 0 heterocycles. The smallest absolute Gasteiger partial charge is 0.323 e. The van der Waals surface area contributed by atoms with Crippen LogP contribution in [0.5, 0.6) is 0 Å². The van der Waals surface area contributed by atoms with Gasteiger partial charge in [-0.2, -0.15) is 0 Å². The van der Waals surface area contributed by atoms with Crippen molar-refractivity contribution in [1.82, 2.24) is 4.90 Å². The molecule has 0 aliphatic carbocycles. The summed E-state index contributed by atoms with van der Waals surface area (Å²) in [6.45, 7) is 5.09. The predicted octanol–water partition coefficient (Wildman–Crippen LogP) is 5.19. The predicted molar refractivity (Wildman–Crippen MR) is 117 cm³/mol. The van der Waals surface area contributed by atoms with E-state index in [-0.39, 0.29) is 5.91 Å². The Balaban J connectivity index is 2.23. The van der Waals surface area contributed by atoms with Crippen LogP contribution in [0.1, 0.15) is 24.2 Å². The van der Waals surface area contributed by atoms with E-state index in [2.05, 4.69) is 10.6 Å². The Labute approximate surface area is 175 Å². The first-order chi connectivity index (χ1) is 13.3. The number of anilines is 3. The van der Waals surface area contributed by atoms with E-state index in [9.17, 15) is 9.59 Å². The molecule has 0 aliphatic heterocycles. The number of carbonyl (C=O) groups excluding carboxylic acids is 2. The van der Waals surface area contributed by atoms with Crippen LogP contribution in [-0.2, 0) is 0 Å². The molecule has 3 amide bonds. The van der Waals surface area contributed by atoms with E-state index >= 15 is 0 Å². The summed E-state index contributed by atoms with van der Waals surface area (Å²) in [5.74, 6) is -0.0813. The highest BCUT2D eigenvalue weighted by molar-refractivity contribution is 6.42. The number of urea groups is 1. The second kappa shape index (κ2) is 9.66. The quantitative estimate of drug-likeness (QED) is 0.673. The van der Waals surface area contributed by atoms with E-state index in [0.29, 0.717) is 40.1 Å². The van der Waals surface area contributed by atoms with Crippen molar-refractivity contribution >= 4 is 52.2 Å². The summed E-state index contributed by atoms with van der Waals surface area (Å²) < 4.78 is 0. The molecule has 0 spiro atoms. The number of nitrogens with zero attached hydrogens (tertiary/aromatic N) is 2. The van der Waals surface area contributed by atoms with Gasteiger partial charge < -0.3 is 20.4 Å². The first-order valence-corrected chi connectivity index (χ1v) is 9.66. The van der Waals surface area contributed by atoms with E-state index in [1.807, 2.05) is 38.9 Å². The normalized spacial score (nSPS) is 10.4. The highest BCUT2D eigenvalue weighted by Gasteiger charge is 2.19. The number of rotatable bonds is 6. The number of amides is 3. The fourth-order valence-electron chi connectivity index (χ4n) is 2.72. The molecule has 0 unspecified atom stereocenters. The van der Waals surface area contributed by atoms with Crippen molar-refractivity contribution in [2.45, 2.75) is 13.8 Å². The lowest BCUT2D eigenvalue weighted by Gasteiger charge is -2.23. The molecule has 150 valence electrons. The summed E-state index contributed by atoms with van der Waals surface area (Å²) in [5, 5.41) is 6.19. The Morgan fingerprint density at radius 1 is 0.893 bits per heavy atom. The van der Waals surface area contributed by atoms with Gasteiger partial charge in [0.25, 0.3) is 5.91 Å². The zero-order valence-electron chi connectivity index (χ0n) is 16.3. The van der Waals surface area contributed by atoms with Crippen molar-refractivity contribution in [2.75, 3.05) is 42.7 Å². The van der Waals surface area contributed by atoms with Gasteiger partial charge in [0.05, 0.1) is 15.6 Å². The van der Waals surface area contributed by atoms with Gasteiger partial charge in [0.1, 0.15) is 0 Å². The topological polar surface area (TPSA) is 64.7 Å². The fourth-order valence-corrected chi connectivity index (χ4v) is 3.02. The van der Waals surface area contributed by atoms with Gasteiger partial charge in [-0.1, -0.05) is 23.2 Å². The second-order valence-corrected chi connectivity index (χ2v) is 7.13. The maximum Gasteiger partial charge on any atom is 0.323 e. The molecule has 0 bridgehead atoms. The summed E-state index contributed by atoms with van der Waals surface area (Å²) >= 11 is 11.9. The molecule has 28 heavy (non-hydrogen) atoms. The van der Waals surface area contributed by atoms with Crippen LogP contribution in [0.15, 0.2) is 36.4 Å². The van der Waals surface area contributed by atoms with Crippen LogP contribution in [0.2, 0.25) is 10.0 Å². The average Bonchev–Trinajstić information content (AvgIpc) is 2.65. The van der Waals surface area contributed by atoms with E-state index in [0.717, 1.165) is 5.69 Å². The summed E-state index contributed by atoms with van der Waals surface area (Å²) in [7, 11) is 3.75. The van der Waals surface area contributed by atoms with Crippen LogP contribution in [0.4, 0.5) is 21.9 Å². The highest BCUT2D eigenvalue weighted by Crippen LogP contribution is 2.26. The van der Waals surface area contributed by atoms with E-state index in [4.69, 9.17) is 23.2 Å². The maximum atomic E-state index is 12.9. The van der Waals surface area contributed by atoms with Crippen molar-refractivity contribution in [2.24, 2.45) is 0 Å². The molecule has 2 N–H and O–H groups in total. The molecular formula is C20H24Cl2N4O2. The Morgan fingerprint density at radius 2 is 1.46 bits per heavy atom. The Hall–Kier alpha value is -2.44. The standard InChI is InChI=1S/C20H24Cl2N4O2/c1-5-26(6-2)19(27)15-11-13(8-10-18(15)25(3)4)23-20(28)24-14-7-9-16(21)17(22)12-14/h7-12H,5-6H2,1-4H3,(H2,23,24,28). The summed E-state index contributed by atoms with van der Waals surface area (Å²) in [5.41, 5.74) is 2.34. The van der Waals surface area contributed by atoms with Crippen LogP contribution >= 0.6 is 23.2 Å². The highest BCUT2D eigenvalue weighted by atomic mass is 35.5. The minimum Gasteiger partial charge on any atom is -0.377 e. The van der Waals surface area contributed by atoms with Gasteiger partial charge in [0, 0.05) is 44.2 Å². The molecule has 6 nitrogen and oxygen atoms in total. The van der Waals surface area contributed by atoms with Crippen molar-refractivity contribution in [1.29, 1.82) is 0 Å². The lowest BCUT2D eigenvalue weighted by molar-refractivity contribution is 0.0773. The Morgan fingerprint density at radius 3 is 2.00 bits per heavy atom. The molecule has 0 fully saturated rings. The molecule has 2 aromatic carbocycles. The average molecular weight is 423 g/mol. The largest absolute Gasteiger partial charge is 0.377 e. The summed E-state index contributed by atoms with van der Waals surface area (Å²) in [6.07, 6.45) is 0. The molecule has 8 heteroatoms. The lowest BCUT2D eigenvalue weighted by Crippen LogP contribution is -2.32. The molecular weight excluding hydrogens is 399 g/mol. The third kappa shape index (κ3) is 5.30. The van der Waals surface area contributed by atoms with Crippen LogP contribution in [-0.4, -0.2) is 44.0 Å². The second-order valence-electron chi connectivity index (χ2n) is 6.31. The van der Waals surface area contributed by atoms with Crippen molar-refractivity contribution < 1.29 is 9.59 Å². The van der Waals surface area contributed by atoms with Crippen LogP contribution in [0.3, 0.4) is 0 Å². The zero-order valence-corrected chi connectivity index (χ0v) is 17.9. The molecule has 0 saturated heterocycles. The van der Waals surface area contributed by atoms with Gasteiger partial charge in [0.15, 0.2) is 0 Å². The number of halogens is 2. The fraction of sp³-hybridized carbons (Fsp3) is 0.300. The van der Waals surface area contributed by atoms with Gasteiger partial charge in [-0.25, -0.2) is 4.79 Å². The van der Waals surface area contributed by atoms with Crippen LogP contribution < -0.4 is 15.5 Å². The van der Waals surface area contributed by atoms with Gasteiger partial charge >= 0.3 is 6.03 Å². The van der Waals surface area contributed by atoms with Gasteiger partial charge in [-0.15, -0.1) is 0 Å². The molecule has 0 atom stereocenters. The van der Waals surface area contributed by atoms with Gasteiger partial charge in [-0.3, -0.25) is 4.79 Å². The third-order valence-electron chi connectivity index (χ3n) is 4.19. The molecule has 2 rings (SSSR count). The van der Waals surface area contributed by atoms with Gasteiger partial charge in [-0.05, 0) is 50.2 Å². The number of hydrogen-bond acceptors (Lipinski definition) is 3. The summed E-state index contributed by atoms with van der Waals surface area (Å²) in [4.78, 5) is 28.8.